The van der Waals surface area contributed by atoms with Gasteiger partial charge in [-0.05, 0) is 51.4 Å². The maximum absolute atomic E-state index is 12.8. The topological polar surface area (TPSA) is 0 Å². The van der Waals surface area contributed by atoms with Gasteiger partial charge in [0.1, 0.15) is 12.3 Å². The van der Waals surface area contributed by atoms with E-state index < -0.39 is 12.3 Å². The first-order chi connectivity index (χ1) is 5.61. The van der Waals surface area contributed by atoms with Crippen molar-refractivity contribution in [1.29, 1.82) is 0 Å². The van der Waals surface area contributed by atoms with Crippen LogP contribution in [0.3, 0.4) is 0 Å². The van der Waals surface area contributed by atoms with Crippen LogP contribution in [-0.2, 0) is 0 Å². The molecule has 1 saturated carbocycles. The van der Waals surface area contributed by atoms with E-state index >= 15 is 0 Å². The van der Waals surface area contributed by atoms with Gasteiger partial charge in [0.2, 0.25) is 0 Å². The standard InChI is InChI=1S/C10H18F2/c1-7(11)9-3-5-10(6-4-9)8(2)12/h7-10H,3-6H2,1-2H3. The molecule has 1 fully saturated rings. The number of hydrogen-bond donors (Lipinski definition) is 0. The van der Waals surface area contributed by atoms with E-state index in [4.69, 9.17) is 0 Å². The smallest absolute Gasteiger partial charge is 0.100 e. The fourth-order valence-electron chi connectivity index (χ4n) is 2.06. The van der Waals surface area contributed by atoms with Crippen LogP contribution in [0.2, 0.25) is 0 Å². The molecule has 0 bridgehead atoms. The van der Waals surface area contributed by atoms with Crippen molar-refractivity contribution in [3.05, 3.63) is 0 Å². The molecule has 0 amide bonds. The Kier molecular flexibility index (Phi) is 3.48. The van der Waals surface area contributed by atoms with Crippen molar-refractivity contribution in [2.24, 2.45) is 11.8 Å². The molecule has 0 nitrogen and oxygen atoms in total. The number of alkyl halides is 2. The Labute approximate surface area is 73.3 Å². The maximum Gasteiger partial charge on any atom is 0.100 e. The zero-order valence-corrected chi connectivity index (χ0v) is 7.89. The highest BCUT2D eigenvalue weighted by Gasteiger charge is 2.27. The molecule has 0 aromatic heterocycles. The monoisotopic (exact) mass is 176 g/mol. The summed E-state index contributed by atoms with van der Waals surface area (Å²) in [7, 11) is 0. The van der Waals surface area contributed by atoms with E-state index in [1.54, 1.807) is 13.8 Å². The van der Waals surface area contributed by atoms with Gasteiger partial charge in [-0.3, -0.25) is 0 Å². The Hall–Kier alpha value is -0.140. The van der Waals surface area contributed by atoms with E-state index in [0.29, 0.717) is 0 Å². The van der Waals surface area contributed by atoms with Gasteiger partial charge in [0, 0.05) is 0 Å². The lowest BCUT2D eigenvalue weighted by Gasteiger charge is -2.29. The Morgan fingerprint density at radius 3 is 1.25 bits per heavy atom. The molecule has 0 saturated heterocycles. The quantitative estimate of drug-likeness (QED) is 0.604. The first-order valence-electron chi connectivity index (χ1n) is 4.89. The molecule has 0 aromatic carbocycles. The normalized spacial score (nSPS) is 36.0. The van der Waals surface area contributed by atoms with E-state index in [0.717, 1.165) is 25.7 Å². The molecule has 1 aliphatic rings. The van der Waals surface area contributed by atoms with Crippen LogP contribution >= 0.6 is 0 Å². The minimum atomic E-state index is -0.708. The van der Waals surface area contributed by atoms with Crippen LogP contribution < -0.4 is 0 Å². The summed E-state index contributed by atoms with van der Waals surface area (Å²) in [6, 6.07) is 0. The average molecular weight is 176 g/mol. The van der Waals surface area contributed by atoms with Crippen LogP contribution in [0.5, 0.6) is 0 Å². The minimum absolute atomic E-state index is 0.194. The third-order valence-electron chi connectivity index (χ3n) is 3.12. The molecule has 0 N–H and O–H groups in total. The molecule has 0 heterocycles. The van der Waals surface area contributed by atoms with Crippen molar-refractivity contribution in [3.63, 3.8) is 0 Å². The molecule has 2 heteroatoms. The summed E-state index contributed by atoms with van der Waals surface area (Å²) in [4.78, 5) is 0. The van der Waals surface area contributed by atoms with Gasteiger partial charge >= 0.3 is 0 Å². The fraction of sp³-hybridized carbons (Fsp3) is 1.00. The third-order valence-corrected chi connectivity index (χ3v) is 3.12. The lowest BCUT2D eigenvalue weighted by atomic mass is 9.78. The van der Waals surface area contributed by atoms with E-state index in [1.165, 1.54) is 0 Å². The Bertz CT molecular complexity index is 108. The van der Waals surface area contributed by atoms with E-state index in [-0.39, 0.29) is 11.8 Å². The summed E-state index contributed by atoms with van der Waals surface area (Å²) in [6.45, 7) is 3.23. The lowest BCUT2D eigenvalue weighted by Crippen LogP contribution is -2.24. The SMILES string of the molecule is CC(F)C1CCC(C(C)F)CC1. The van der Waals surface area contributed by atoms with Crippen LogP contribution in [0.4, 0.5) is 8.78 Å². The molecule has 0 aliphatic heterocycles. The average Bonchev–Trinajstić information content (AvgIpc) is 2.04. The minimum Gasteiger partial charge on any atom is -0.247 e. The molecular formula is C10H18F2. The van der Waals surface area contributed by atoms with Crippen molar-refractivity contribution in [2.45, 2.75) is 51.9 Å². The first kappa shape index (κ1) is 9.94. The van der Waals surface area contributed by atoms with E-state index in [1.807, 2.05) is 0 Å². The van der Waals surface area contributed by atoms with Crippen molar-refractivity contribution in [3.8, 4) is 0 Å². The highest BCUT2D eigenvalue weighted by atomic mass is 19.1. The third kappa shape index (κ3) is 2.43. The second-order valence-electron chi connectivity index (χ2n) is 4.03. The van der Waals surface area contributed by atoms with Gasteiger partial charge in [-0.1, -0.05) is 0 Å². The van der Waals surface area contributed by atoms with Gasteiger partial charge < -0.3 is 0 Å². The molecular weight excluding hydrogens is 158 g/mol. The Balaban J connectivity index is 2.30. The number of hydrogen-bond acceptors (Lipinski definition) is 0. The van der Waals surface area contributed by atoms with Crippen molar-refractivity contribution in [1.82, 2.24) is 0 Å². The van der Waals surface area contributed by atoms with Crippen LogP contribution in [0.25, 0.3) is 0 Å². The summed E-state index contributed by atoms with van der Waals surface area (Å²) in [5, 5.41) is 0. The molecule has 72 valence electrons. The summed E-state index contributed by atoms with van der Waals surface area (Å²) in [5.74, 6) is 0.389. The van der Waals surface area contributed by atoms with Crippen LogP contribution in [-0.4, -0.2) is 12.3 Å². The number of rotatable bonds is 2. The lowest BCUT2D eigenvalue weighted by molar-refractivity contribution is 0.126. The summed E-state index contributed by atoms with van der Waals surface area (Å²) in [5.41, 5.74) is 0. The zero-order valence-electron chi connectivity index (χ0n) is 7.89. The Morgan fingerprint density at radius 2 is 1.08 bits per heavy atom. The fourth-order valence-corrected chi connectivity index (χ4v) is 2.06. The summed E-state index contributed by atoms with van der Waals surface area (Å²) in [6.07, 6.45) is 2.07. The Morgan fingerprint density at radius 1 is 0.833 bits per heavy atom. The largest absolute Gasteiger partial charge is 0.247 e. The summed E-state index contributed by atoms with van der Waals surface area (Å²) < 4.78 is 25.6. The molecule has 1 aliphatic carbocycles. The second kappa shape index (κ2) is 4.20. The number of halogens is 2. The van der Waals surface area contributed by atoms with Gasteiger partial charge in [0.15, 0.2) is 0 Å². The van der Waals surface area contributed by atoms with Crippen LogP contribution in [0.1, 0.15) is 39.5 Å². The second-order valence-corrected chi connectivity index (χ2v) is 4.03. The van der Waals surface area contributed by atoms with Gasteiger partial charge in [0.05, 0.1) is 0 Å². The highest BCUT2D eigenvalue weighted by Crippen LogP contribution is 2.34. The zero-order chi connectivity index (χ0) is 9.14. The molecule has 0 spiro atoms. The molecule has 0 radical (unpaired) electrons. The van der Waals surface area contributed by atoms with Crippen LogP contribution in [0.15, 0.2) is 0 Å². The molecule has 2 unspecified atom stereocenters. The van der Waals surface area contributed by atoms with Crippen molar-refractivity contribution < 1.29 is 8.78 Å². The predicted molar refractivity (Wildman–Crippen MR) is 46.6 cm³/mol. The predicted octanol–water partition coefficient (Wildman–Crippen LogP) is 3.51. The van der Waals surface area contributed by atoms with E-state index in [2.05, 4.69) is 0 Å². The van der Waals surface area contributed by atoms with Gasteiger partial charge in [-0.15, -0.1) is 0 Å². The molecule has 1 rings (SSSR count). The van der Waals surface area contributed by atoms with Gasteiger partial charge in [-0.25, -0.2) is 8.78 Å². The van der Waals surface area contributed by atoms with Gasteiger partial charge in [0.25, 0.3) is 0 Å². The maximum atomic E-state index is 12.8. The van der Waals surface area contributed by atoms with E-state index in [9.17, 15) is 8.78 Å². The highest BCUT2D eigenvalue weighted by molar-refractivity contribution is 4.78. The van der Waals surface area contributed by atoms with Gasteiger partial charge in [-0.2, -0.15) is 0 Å². The van der Waals surface area contributed by atoms with Crippen molar-refractivity contribution in [2.75, 3.05) is 0 Å². The van der Waals surface area contributed by atoms with Crippen LogP contribution in [0, 0.1) is 11.8 Å². The molecule has 0 aromatic rings. The molecule has 2 atom stereocenters. The summed E-state index contributed by atoms with van der Waals surface area (Å²) >= 11 is 0. The first-order valence-corrected chi connectivity index (χ1v) is 4.89. The van der Waals surface area contributed by atoms with Crippen molar-refractivity contribution >= 4 is 0 Å². The molecule has 12 heavy (non-hydrogen) atoms.